The molecule has 0 saturated carbocycles. The average Bonchev–Trinajstić information content (AvgIpc) is 3.24. The molecule has 1 atom stereocenters. The third kappa shape index (κ3) is 3.94. The lowest BCUT2D eigenvalue weighted by Crippen LogP contribution is -2.16. The maximum Gasteiger partial charge on any atom is 0.335 e. The molecule has 1 aliphatic rings. The van der Waals surface area contributed by atoms with Crippen molar-refractivity contribution < 1.29 is 19.4 Å². The first-order valence-corrected chi connectivity index (χ1v) is 8.93. The topological polar surface area (TPSA) is 68.7 Å². The summed E-state index contributed by atoms with van der Waals surface area (Å²) in [5.41, 5.74) is 0.977. The third-order valence-corrected chi connectivity index (χ3v) is 5.30. The number of carboxylic acids is 1. The zero-order valence-electron chi connectivity index (χ0n) is 13.8. The molecule has 0 aliphatic carbocycles. The Labute approximate surface area is 145 Å². The number of nitrogens with zero attached hydrogens (tertiary/aromatic N) is 1. The van der Waals surface area contributed by atoms with Crippen LogP contribution in [0.2, 0.25) is 0 Å². The molecule has 3 rings (SSSR count). The fraction of sp³-hybridized carbons (Fsp3) is 0.444. The highest BCUT2D eigenvalue weighted by Crippen LogP contribution is 2.32. The molecule has 0 unspecified atom stereocenters. The maximum absolute atomic E-state index is 11.4. The van der Waals surface area contributed by atoms with Crippen molar-refractivity contribution in [3.63, 3.8) is 0 Å². The fourth-order valence-corrected chi connectivity index (χ4v) is 3.49. The van der Waals surface area contributed by atoms with Gasteiger partial charge in [-0.3, -0.25) is 0 Å². The Hall–Kier alpha value is -1.92. The Morgan fingerprint density at radius 3 is 2.92 bits per heavy atom. The maximum atomic E-state index is 11.4. The predicted molar refractivity (Wildman–Crippen MR) is 93.1 cm³/mol. The summed E-state index contributed by atoms with van der Waals surface area (Å²) in [6.45, 7) is 5.44. The number of benzene rings is 1. The number of ether oxygens (including phenoxy) is 2. The summed E-state index contributed by atoms with van der Waals surface area (Å²) in [5.74, 6) is -0.0321. The van der Waals surface area contributed by atoms with Gasteiger partial charge in [0, 0.05) is 23.2 Å². The molecule has 2 aromatic rings. The summed E-state index contributed by atoms with van der Waals surface area (Å²) in [5, 5.41) is 10.2. The number of carboxylic acid groups (broad SMARTS) is 1. The molecule has 5 nitrogen and oxygen atoms in total. The lowest BCUT2D eigenvalue weighted by molar-refractivity contribution is 0.0672. The van der Waals surface area contributed by atoms with Crippen LogP contribution in [0.3, 0.4) is 0 Å². The van der Waals surface area contributed by atoms with Crippen LogP contribution in [0.1, 0.15) is 47.8 Å². The van der Waals surface area contributed by atoms with E-state index in [-0.39, 0.29) is 11.7 Å². The molecule has 0 radical (unpaired) electrons. The van der Waals surface area contributed by atoms with Crippen molar-refractivity contribution in [2.45, 2.75) is 38.7 Å². The van der Waals surface area contributed by atoms with E-state index in [0.717, 1.165) is 30.0 Å². The minimum Gasteiger partial charge on any atom is -0.491 e. The van der Waals surface area contributed by atoms with Gasteiger partial charge in [0.1, 0.15) is 17.4 Å². The second-order valence-electron chi connectivity index (χ2n) is 6.22. The molecule has 1 aliphatic heterocycles. The van der Waals surface area contributed by atoms with E-state index < -0.39 is 5.97 Å². The largest absolute Gasteiger partial charge is 0.491 e. The SMILES string of the molecule is CC(C)c1cnc(-c2cc(OC[C@@H]3CCCO3)cc(C(=O)O)c2)s1. The van der Waals surface area contributed by atoms with Crippen LogP contribution in [0.25, 0.3) is 10.6 Å². The number of aromatic carboxylic acids is 1. The molecule has 1 fully saturated rings. The molecule has 1 N–H and O–H groups in total. The standard InChI is InChI=1S/C18H21NO4S/c1-11(2)16-9-19-17(24-16)12-6-13(18(20)21)8-15(7-12)23-10-14-4-3-5-22-14/h6-9,11,14H,3-5,10H2,1-2H3,(H,20,21)/t14-/m0/s1. The number of hydrogen-bond acceptors (Lipinski definition) is 5. The number of rotatable bonds is 6. The molecular formula is C18H21NO4S. The molecule has 0 spiro atoms. The van der Waals surface area contributed by atoms with Crippen molar-refractivity contribution in [3.8, 4) is 16.3 Å². The summed E-state index contributed by atoms with van der Waals surface area (Å²) in [7, 11) is 0. The van der Waals surface area contributed by atoms with Gasteiger partial charge in [0.15, 0.2) is 0 Å². The Balaban J connectivity index is 1.85. The highest BCUT2D eigenvalue weighted by molar-refractivity contribution is 7.15. The van der Waals surface area contributed by atoms with E-state index in [1.807, 2.05) is 12.3 Å². The highest BCUT2D eigenvalue weighted by atomic mass is 32.1. The Bertz CT molecular complexity index is 720. The normalized spacial score (nSPS) is 17.4. The van der Waals surface area contributed by atoms with E-state index in [4.69, 9.17) is 9.47 Å². The lowest BCUT2D eigenvalue weighted by Gasteiger charge is -2.12. The summed E-state index contributed by atoms with van der Waals surface area (Å²) < 4.78 is 11.3. The molecular weight excluding hydrogens is 326 g/mol. The van der Waals surface area contributed by atoms with Gasteiger partial charge in [-0.2, -0.15) is 0 Å². The van der Waals surface area contributed by atoms with Crippen LogP contribution < -0.4 is 4.74 Å². The Morgan fingerprint density at radius 1 is 1.46 bits per heavy atom. The van der Waals surface area contributed by atoms with Crippen LogP contribution in [0.5, 0.6) is 5.75 Å². The van der Waals surface area contributed by atoms with Gasteiger partial charge >= 0.3 is 5.97 Å². The van der Waals surface area contributed by atoms with Crippen LogP contribution >= 0.6 is 11.3 Å². The molecule has 24 heavy (non-hydrogen) atoms. The van der Waals surface area contributed by atoms with E-state index in [9.17, 15) is 9.90 Å². The molecule has 0 amide bonds. The first-order chi connectivity index (χ1) is 11.5. The molecule has 1 aromatic heterocycles. The van der Waals surface area contributed by atoms with Crippen LogP contribution in [-0.4, -0.2) is 35.4 Å². The minimum absolute atomic E-state index is 0.0920. The minimum atomic E-state index is -0.973. The van der Waals surface area contributed by atoms with Crippen molar-refractivity contribution in [1.29, 1.82) is 0 Å². The van der Waals surface area contributed by atoms with Crippen LogP contribution in [0.15, 0.2) is 24.4 Å². The van der Waals surface area contributed by atoms with E-state index in [0.29, 0.717) is 18.3 Å². The number of carbonyl (C=O) groups is 1. The van der Waals surface area contributed by atoms with Gasteiger partial charge < -0.3 is 14.6 Å². The highest BCUT2D eigenvalue weighted by Gasteiger charge is 2.17. The lowest BCUT2D eigenvalue weighted by atomic mass is 10.1. The third-order valence-electron chi connectivity index (χ3n) is 3.95. The van der Waals surface area contributed by atoms with Crippen molar-refractivity contribution in [1.82, 2.24) is 4.98 Å². The Morgan fingerprint density at radius 2 is 2.29 bits per heavy atom. The van der Waals surface area contributed by atoms with E-state index in [1.165, 1.54) is 4.88 Å². The zero-order valence-corrected chi connectivity index (χ0v) is 14.6. The first-order valence-electron chi connectivity index (χ1n) is 8.12. The molecule has 1 saturated heterocycles. The van der Waals surface area contributed by atoms with Crippen LogP contribution in [0, 0.1) is 0 Å². The van der Waals surface area contributed by atoms with Gasteiger partial charge in [0.25, 0.3) is 0 Å². The zero-order chi connectivity index (χ0) is 17.1. The smallest absolute Gasteiger partial charge is 0.335 e. The van der Waals surface area contributed by atoms with Crippen molar-refractivity contribution in [3.05, 3.63) is 34.8 Å². The summed E-state index contributed by atoms with van der Waals surface area (Å²) >= 11 is 1.58. The van der Waals surface area contributed by atoms with Gasteiger partial charge in [-0.15, -0.1) is 11.3 Å². The van der Waals surface area contributed by atoms with E-state index in [2.05, 4.69) is 18.8 Å². The van der Waals surface area contributed by atoms with Crippen LogP contribution in [-0.2, 0) is 4.74 Å². The van der Waals surface area contributed by atoms with Gasteiger partial charge in [-0.05, 0) is 37.0 Å². The van der Waals surface area contributed by atoms with Crippen molar-refractivity contribution in [2.24, 2.45) is 0 Å². The van der Waals surface area contributed by atoms with Gasteiger partial charge in [0.2, 0.25) is 0 Å². The number of hydrogen-bond donors (Lipinski definition) is 1. The monoisotopic (exact) mass is 347 g/mol. The molecule has 128 valence electrons. The second-order valence-corrected chi connectivity index (χ2v) is 7.28. The number of thiazole rings is 1. The van der Waals surface area contributed by atoms with E-state index >= 15 is 0 Å². The fourth-order valence-electron chi connectivity index (χ4n) is 2.58. The predicted octanol–water partition coefficient (Wildman–Crippen LogP) is 4.19. The first kappa shape index (κ1) is 16.9. The molecule has 2 heterocycles. The van der Waals surface area contributed by atoms with Crippen molar-refractivity contribution in [2.75, 3.05) is 13.2 Å². The quantitative estimate of drug-likeness (QED) is 0.848. The van der Waals surface area contributed by atoms with Gasteiger partial charge in [-0.1, -0.05) is 13.8 Å². The summed E-state index contributed by atoms with van der Waals surface area (Å²) in [6, 6.07) is 5.05. The number of aromatic nitrogens is 1. The Kier molecular flexibility index (Phi) is 5.16. The molecule has 0 bridgehead atoms. The molecule has 6 heteroatoms. The van der Waals surface area contributed by atoms with Crippen LogP contribution in [0.4, 0.5) is 0 Å². The molecule has 1 aromatic carbocycles. The van der Waals surface area contributed by atoms with E-state index in [1.54, 1.807) is 23.5 Å². The van der Waals surface area contributed by atoms with Gasteiger partial charge in [-0.25, -0.2) is 9.78 Å². The summed E-state index contributed by atoms with van der Waals surface area (Å²) in [4.78, 5) is 17.0. The van der Waals surface area contributed by atoms with Crippen molar-refractivity contribution >= 4 is 17.3 Å². The second kappa shape index (κ2) is 7.32. The average molecular weight is 347 g/mol. The van der Waals surface area contributed by atoms with Gasteiger partial charge in [0.05, 0.1) is 11.7 Å². The summed E-state index contributed by atoms with van der Waals surface area (Å²) in [6.07, 6.45) is 3.97.